The van der Waals surface area contributed by atoms with Crippen molar-refractivity contribution in [3.63, 3.8) is 0 Å². The van der Waals surface area contributed by atoms with Gasteiger partial charge in [0.25, 0.3) is 0 Å². The van der Waals surface area contributed by atoms with E-state index in [1.54, 1.807) is 0 Å². The highest BCUT2D eigenvalue weighted by Crippen LogP contribution is 2.25. The lowest BCUT2D eigenvalue weighted by molar-refractivity contribution is -0.115. The molecule has 13 heavy (non-hydrogen) atoms. The van der Waals surface area contributed by atoms with E-state index in [4.69, 9.17) is 9.84 Å². The molecule has 1 N–H and O–H groups in total. The van der Waals surface area contributed by atoms with Gasteiger partial charge in [-0.15, -0.1) is 0 Å². The molecule has 0 aromatic rings. The maximum absolute atomic E-state index is 10.2. The van der Waals surface area contributed by atoms with Gasteiger partial charge in [0.05, 0.1) is 12.2 Å². The van der Waals surface area contributed by atoms with Crippen LogP contribution in [0.1, 0.15) is 33.1 Å². The number of aliphatic hydroxyl groups excluding tert-OH is 1. The third kappa shape index (κ3) is 4.39. The third-order valence-electron chi connectivity index (χ3n) is 2.51. The van der Waals surface area contributed by atoms with Crippen molar-refractivity contribution in [3.05, 3.63) is 0 Å². The van der Waals surface area contributed by atoms with Crippen molar-refractivity contribution in [2.75, 3.05) is 7.11 Å². The maximum Gasteiger partial charge on any atom is 0.122 e. The summed E-state index contributed by atoms with van der Waals surface area (Å²) in [5, 5.41) is 7.00. The van der Waals surface area contributed by atoms with Crippen LogP contribution in [0.2, 0.25) is 0 Å². The first kappa shape index (κ1) is 12.6. The van der Waals surface area contributed by atoms with E-state index in [2.05, 4.69) is 13.8 Å². The summed E-state index contributed by atoms with van der Waals surface area (Å²) in [7, 11) is 1.00. The molecule has 1 saturated heterocycles. The first-order chi connectivity index (χ1) is 6.24. The average Bonchev–Trinajstić information content (AvgIpc) is 2.15. The van der Waals surface area contributed by atoms with Crippen LogP contribution >= 0.6 is 0 Å². The van der Waals surface area contributed by atoms with Gasteiger partial charge in [-0.25, -0.2) is 0 Å². The molecule has 0 saturated carbocycles. The Labute approximate surface area is 80.1 Å². The van der Waals surface area contributed by atoms with Gasteiger partial charge in [-0.1, -0.05) is 6.92 Å². The van der Waals surface area contributed by atoms with E-state index < -0.39 is 0 Å². The van der Waals surface area contributed by atoms with Crippen molar-refractivity contribution >= 4 is 6.29 Å². The second kappa shape index (κ2) is 7.04. The number of hydrogen-bond donors (Lipinski definition) is 1. The number of aliphatic hydroxyl groups is 1. The molecule has 1 aliphatic rings. The predicted octanol–water partition coefficient (Wildman–Crippen LogP) is 1.39. The van der Waals surface area contributed by atoms with Crippen LogP contribution in [0.4, 0.5) is 0 Å². The first-order valence-corrected chi connectivity index (χ1v) is 4.78. The first-order valence-electron chi connectivity index (χ1n) is 4.78. The largest absolute Gasteiger partial charge is 0.400 e. The molecule has 1 heterocycles. The van der Waals surface area contributed by atoms with Gasteiger partial charge in [0.1, 0.15) is 6.29 Å². The summed E-state index contributed by atoms with van der Waals surface area (Å²) in [5.41, 5.74) is 0. The van der Waals surface area contributed by atoms with Crippen LogP contribution in [0.3, 0.4) is 0 Å². The zero-order valence-electron chi connectivity index (χ0n) is 8.69. The molecule has 0 aliphatic carbocycles. The Morgan fingerprint density at radius 3 is 2.46 bits per heavy atom. The quantitative estimate of drug-likeness (QED) is 0.666. The minimum Gasteiger partial charge on any atom is -0.400 e. The van der Waals surface area contributed by atoms with Gasteiger partial charge < -0.3 is 14.6 Å². The second-order valence-electron chi connectivity index (χ2n) is 3.42. The highest BCUT2D eigenvalue weighted by atomic mass is 16.5. The molecule has 3 nitrogen and oxygen atoms in total. The number of aldehydes is 1. The van der Waals surface area contributed by atoms with Crippen molar-refractivity contribution in [1.29, 1.82) is 0 Å². The Kier molecular flexibility index (Phi) is 6.82. The molecule has 3 unspecified atom stereocenters. The smallest absolute Gasteiger partial charge is 0.122 e. The standard InChI is InChI=1S/C9H16O2.CH4O/c1-7-3-4-9(5-6-10)11-8(7)2;1-2/h6-9H,3-5H2,1-2H3;2H,1H3. The normalized spacial score (nSPS) is 33.1. The molecule has 78 valence electrons. The number of hydrogen-bond acceptors (Lipinski definition) is 3. The van der Waals surface area contributed by atoms with Crippen molar-refractivity contribution in [2.24, 2.45) is 5.92 Å². The highest BCUT2D eigenvalue weighted by Gasteiger charge is 2.24. The van der Waals surface area contributed by atoms with Crippen molar-refractivity contribution in [3.8, 4) is 0 Å². The van der Waals surface area contributed by atoms with Crippen molar-refractivity contribution in [2.45, 2.75) is 45.3 Å². The molecule has 1 fully saturated rings. The molecular weight excluding hydrogens is 168 g/mol. The lowest BCUT2D eigenvalue weighted by Gasteiger charge is -2.31. The van der Waals surface area contributed by atoms with Gasteiger partial charge in [0, 0.05) is 13.5 Å². The molecule has 1 aliphatic heterocycles. The Morgan fingerprint density at radius 2 is 2.00 bits per heavy atom. The Hall–Kier alpha value is -0.410. The Bertz CT molecular complexity index is 136. The van der Waals surface area contributed by atoms with Gasteiger partial charge in [-0.05, 0) is 25.7 Å². The summed E-state index contributed by atoms with van der Waals surface area (Å²) in [6.07, 6.45) is 4.28. The minimum atomic E-state index is 0.193. The van der Waals surface area contributed by atoms with Crippen LogP contribution in [-0.2, 0) is 9.53 Å². The minimum absolute atomic E-state index is 0.193. The predicted molar refractivity (Wildman–Crippen MR) is 51.6 cm³/mol. The molecular formula is C10H20O3. The van der Waals surface area contributed by atoms with Crippen LogP contribution in [0, 0.1) is 5.92 Å². The van der Waals surface area contributed by atoms with Gasteiger partial charge in [-0.3, -0.25) is 0 Å². The summed E-state index contributed by atoms with van der Waals surface area (Å²) < 4.78 is 5.61. The molecule has 0 bridgehead atoms. The zero-order valence-corrected chi connectivity index (χ0v) is 8.69. The SMILES string of the molecule is CC1CCC(CC=O)OC1C.CO. The number of carbonyl (C=O) groups excluding carboxylic acids is 1. The van der Waals surface area contributed by atoms with Gasteiger partial charge >= 0.3 is 0 Å². The van der Waals surface area contributed by atoms with Crippen molar-refractivity contribution in [1.82, 2.24) is 0 Å². The van der Waals surface area contributed by atoms with E-state index in [-0.39, 0.29) is 6.10 Å². The fraction of sp³-hybridized carbons (Fsp3) is 0.900. The van der Waals surface area contributed by atoms with E-state index in [0.29, 0.717) is 18.4 Å². The van der Waals surface area contributed by atoms with E-state index in [0.717, 1.165) is 19.8 Å². The molecule has 3 atom stereocenters. The Morgan fingerprint density at radius 1 is 1.38 bits per heavy atom. The van der Waals surface area contributed by atoms with Crippen LogP contribution in [0.5, 0.6) is 0 Å². The molecule has 0 spiro atoms. The lowest BCUT2D eigenvalue weighted by Crippen LogP contribution is -2.31. The van der Waals surface area contributed by atoms with Crippen LogP contribution in [0.25, 0.3) is 0 Å². The number of ether oxygens (including phenoxy) is 1. The summed E-state index contributed by atoms with van der Waals surface area (Å²) in [4.78, 5) is 10.2. The summed E-state index contributed by atoms with van der Waals surface area (Å²) >= 11 is 0. The zero-order chi connectivity index (χ0) is 10.3. The topological polar surface area (TPSA) is 46.5 Å². The summed E-state index contributed by atoms with van der Waals surface area (Å²) in [6.45, 7) is 4.28. The summed E-state index contributed by atoms with van der Waals surface area (Å²) in [6, 6.07) is 0. The van der Waals surface area contributed by atoms with Crippen LogP contribution < -0.4 is 0 Å². The van der Waals surface area contributed by atoms with Gasteiger partial charge in [-0.2, -0.15) is 0 Å². The number of rotatable bonds is 2. The fourth-order valence-corrected chi connectivity index (χ4v) is 1.47. The van der Waals surface area contributed by atoms with Gasteiger partial charge in [0.2, 0.25) is 0 Å². The number of carbonyl (C=O) groups is 1. The molecule has 1 rings (SSSR count). The molecule has 0 aromatic heterocycles. The summed E-state index contributed by atoms with van der Waals surface area (Å²) in [5.74, 6) is 0.651. The van der Waals surface area contributed by atoms with E-state index in [9.17, 15) is 4.79 Å². The molecule has 0 radical (unpaired) electrons. The lowest BCUT2D eigenvalue weighted by atomic mass is 9.93. The average molecular weight is 188 g/mol. The third-order valence-corrected chi connectivity index (χ3v) is 2.51. The van der Waals surface area contributed by atoms with Crippen LogP contribution in [-0.4, -0.2) is 30.7 Å². The molecule has 0 aromatic carbocycles. The maximum atomic E-state index is 10.2. The van der Waals surface area contributed by atoms with E-state index in [1.165, 1.54) is 6.42 Å². The monoisotopic (exact) mass is 188 g/mol. The van der Waals surface area contributed by atoms with Gasteiger partial charge in [0.15, 0.2) is 0 Å². The second-order valence-corrected chi connectivity index (χ2v) is 3.42. The molecule has 3 heteroatoms. The van der Waals surface area contributed by atoms with Crippen molar-refractivity contribution < 1.29 is 14.6 Å². The highest BCUT2D eigenvalue weighted by molar-refractivity contribution is 5.50. The Balaban J connectivity index is 0.000000671. The fourth-order valence-electron chi connectivity index (χ4n) is 1.47. The van der Waals surface area contributed by atoms with E-state index >= 15 is 0 Å². The van der Waals surface area contributed by atoms with Crippen LogP contribution in [0.15, 0.2) is 0 Å². The van der Waals surface area contributed by atoms with E-state index in [1.807, 2.05) is 0 Å². The molecule has 0 amide bonds.